The van der Waals surface area contributed by atoms with Gasteiger partial charge in [0, 0.05) is 31.8 Å². The molecule has 1 aromatic heterocycles. The van der Waals surface area contributed by atoms with E-state index in [0.717, 1.165) is 49.2 Å². The lowest BCUT2D eigenvalue weighted by Gasteiger charge is -2.17. The molecule has 7 nitrogen and oxygen atoms in total. The largest absolute Gasteiger partial charge is 0.307 e. The summed E-state index contributed by atoms with van der Waals surface area (Å²) >= 11 is 0. The third-order valence-corrected chi connectivity index (χ3v) is 6.82. The van der Waals surface area contributed by atoms with Crippen LogP contribution in [0, 0.1) is 0 Å². The molecule has 0 saturated carbocycles. The van der Waals surface area contributed by atoms with Gasteiger partial charge in [-0.3, -0.25) is 9.48 Å². The fourth-order valence-corrected chi connectivity index (χ4v) is 4.52. The number of anilines is 1. The third-order valence-electron chi connectivity index (χ3n) is 4.95. The molecule has 0 aliphatic heterocycles. The van der Waals surface area contributed by atoms with E-state index >= 15 is 0 Å². The molecule has 3 rings (SSSR count). The van der Waals surface area contributed by atoms with Gasteiger partial charge < -0.3 is 5.32 Å². The van der Waals surface area contributed by atoms with Gasteiger partial charge in [0.15, 0.2) is 0 Å². The Balaban J connectivity index is 1.75. The Morgan fingerprint density at radius 1 is 1.26 bits per heavy atom. The van der Waals surface area contributed by atoms with Crippen LogP contribution in [0.25, 0.3) is 0 Å². The maximum absolute atomic E-state index is 12.6. The predicted octanol–water partition coefficient (Wildman–Crippen LogP) is 2.58. The summed E-state index contributed by atoms with van der Waals surface area (Å²) in [7, 11) is -0.138. The first-order valence-electron chi connectivity index (χ1n) is 9.27. The van der Waals surface area contributed by atoms with Crippen LogP contribution >= 0.6 is 0 Å². The van der Waals surface area contributed by atoms with Gasteiger partial charge in [0.25, 0.3) is 5.91 Å². The highest BCUT2D eigenvalue weighted by Crippen LogP contribution is 2.28. The zero-order chi connectivity index (χ0) is 19.6. The Morgan fingerprint density at radius 3 is 2.63 bits per heavy atom. The van der Waals surface area contributed by atoms with Crippen LogP contribution in [-0.2, 0) is 29.9 Å². The fraction of sp³-hybridized carbons (Fsp3) is 0.474. The zero-order valence-electron chi connectivity index (χ0n) is 16.0. The van der Waals surface area contributed by atoms with Crippen molar-refractivity contribution in [3.8, 4) is 0 Å². The summed E-state index contributed by atoms with van der Waals surface area (Å²) in [6.07, 6.45) is 4.65. The van der Waals surface area contributed by atoms with Gasteiger partial charge in [0.05, 0.1) is 10.6 Å². The van der Waals surface area contributed by atoms with Crippen molar-refractivity contribution in [2.24, 2.45) is 7.05 Å². The van der Waals surface area contributed by atoms with Crippen LogP contribution < -0.4 is 5.32 Å². The fourth-order valence-electron chi connectivity index (χ4n) is 3.31. The smallest absolute Gasteiger partial charge is 0.256 e. The summed E-state index contributed by atoms with van der Waals surface area (Å²) in [6.45, 7) is 2.50. The molecule has 0 unspecified atom stereocenters. The lowest BCUT2D eigenvalue weighted by atomic mass is 10.2. The normalized spacial score (nSPS) is 13.8. The summed E-state index contributed by atoms with van der Waals surface area (Å²) in [4.78, 5) is 12.8. The number of amides is 1. The molecule has 0 saturated heterocycles. The van der Waals surface area contributed by atoms with Crippen molar-refractivity contribution >= 4 is 21.7 Å². The van der Waals surface area contributed by atoms with Crippen LogP contribution in [0.5, 0.6) is 0 Å². The van der Waals surface area contributed by atoms with Crippen molar-refractivity contribution in [3.05, 3.63) is 41.1 Å². The Labute approximate surface area is 160 Å². The number of aromatic nitrogens is 2. The van der Waals surface area contributed by atoms with E-state index in [4.69, 9.17) is 0 Å². The number of aryl methyl sites for hydroxylation is 2. The van der Waals surface area contributed by atoms with Crippen molar-refractivity contribution in [3.63, 3.8) is 0 Å². The molecule has 1 aliphatic rings. The summed E-state index contributed by atoms with van der Waals surface area (Å²) in [5.41, 5.74) is 2.56. The van der Waals surface area contributed by atoms with Gasteiger partial charge in [-0.1, -0.05) is 13.3 Å². The van der Waals surface area contributed by atoms with E-state index in [9.17, 15) is 13.2 Å². The Morgan fingerprint density at radius 2 is 1.96 bits per heavy atom. The number of benzene rings is 1. The number of unbranched alkanes of at least 4 members (excludes halogenated alkanes) is 1. The van der Waals surface area contributed by atoms with Crippen LogP contribution in [0.3, 0.4) is 0 Å². The molecule has 0 spiro atoms. The summed E-state index contributed by atoms with van der Waals surface area (Å²) < 4.78 is 28.2. The second-order valence-corrected chi connectivity index (χ2v) is 8.95. The molecule has 1 N–H and O–H groups in total. The maximum atomic E-state index is 12.6. The Hall–Kier alpha value is -2.19. The van der Waals surface area contributed by atoms with Crippen LogP contribution in [0.15, 0.2) is 29.2 Å². The molecular weight excluding hydrogens is 364 g/mol. The maximum Gasteiger partial charge on any atom is 0.256 e. The second kappa shape index (κ2) is 7.82. The van der Waals surface area contributed by atoms with Crippen molar-refractivity contribution in [2.75, 3.05) is 18.9 Å². The molecule has 0 fully saturated rings. The monoisotopic (exact) mass is 390 g/mol. The van der Waals surface area contributed by atoms with E-state index in [-0.39, 0.29) is 10.8 Å². The quantitative estimate of drug-likeness (QED) is 0.787. The molecule has 1 aromatic carbocycles. The number of carbonyl (C=O) groups is 1. The SMILES string of the molecule is CCCCN(C)S(=O)(=O)c1ccc(C(=O)Nc2c3c(nn2C)CCC3)cc1. The number of nitrogens with one attached hydrogen (secondary N) is 1. The first-order valence-corrected chi connectivity index (χ1v) is 10.7. The number of nitrogens with zero attached hydrogens (tertiary/aromatic N) is 3. The lowest BCUT2D eigenvalue weighted by Crippen LogP contribution is -2.28. The number of carbonyl (C=O) groups excluding carboxylic acids is 1. The summed E-state index contributed by atoms with van der Waals surface area (Å²) in [5, 5.41) is 7.36. The third kappa shape index (κ3) is 3.91. The highest BCUT2D eigenvalue weighted by molar-refractivity contribution is 7.89. The van der Waals surface area contributed by atoms with E-state index in [1.54, 1.807) is 23.9 Å². The summed E-state index contributed by atoms with van der Waals surface area (Å²) in [6, 6.07) is 6.07. The first kappa shape index (κ1) is 19.6. The van der Waals surface area contributed by atoms with Gasteiger partial charge in [-0.25, -0.2) is 12.7 Å². The van der Waals surface area contributed by atoms with Crippen molar-refractivity contribution in [1.29, 1.82) is 0 Å². The molecule has 146 valence electrons. The molecule has 0 radical (unpaired) electrons. The van der Waals surface area contributed by atoms with E-state index in [0.29, 0.717) is 12.1 Å². The number of hydrogen-bond donors (Lipinski definition) is 1. The molecule has 1 heterocycles. The molecular formula is C19H26N4O3S. The van der Waals surface area contributed by atoms with E-state index in [1.807, 2.05) is 14.0 Å². The minimum absolute atomic E-state index is 0.194. The van der Waals surface area contributed by atoms with Crippen LogP contribution in [0.4, 0.5) is 5.82 Å². The molecule has 0 atom stereocenters. The zero-order valence-corrected chi connectivity index (χ0v) is 16.8. The summed E-state index contributed by atoms with van der Waals surface area (Å²) in [5.74, 6) is 0.458. The van der Waals surface area contributed by atoms with Crippen molar-refractivity contribution in [2.45, 2.75) is 43.9 Å². The molecule has 1 aliphatic carbocycles. The molecule has 27 heavy (non-hydrogen) atoms. The van der Waals surface area contributed by atoms with E-state index in [1.165, 1.54) is 16.4 Å². The van der Waals surface area contributed by atoms with Crippen molar-refractivity contribution in [1.82, 2.24) is 14.1 Å². The van der Waals surface area contributed by atoms with E-state index in [2.05, 4.69) is 10.4 Å². The van der Waals surface area contributed by atoms with Gasteiger partial charge in [-0.2, -0.15) is 5.10 Å². The van der Waals surface area contributed by atoms with Gasteiger partial charge in [-0.15, -0.1) is 0 Å². The van der Waals surface area contributed by atoms with Gasteiger partial charge in [0.1, 0.15) is 5.82 Å². The topological polar surface area (TPSA) is 84.3 Å². The molecule has 2 aromatic rings. The Kier molecular flexibility index (Phi) is 5.67. The van der Waals surface area contributed by atoms with Crippen LogP contribution in [-0.4, -0.2) is 42.0 Å². The van der Waals surface area contributed by atoms with Crippen molar-refractivity contribution < 1.29 is 13.2 Å². The highest BCUT2D eigenvalue weighted by Gasteiger charge is 2.23. The molecule has 1 amide bonds. The Bertz CT molecular complexity index is 933. The van der Waals surface area contributed by atoms with Crippen LogP contribution in [0.1, 0.15) is 47.8 Å². The molecule has 8 heteroatoms. The van der Waals surface area contributed by atoms with Crippen LogP contribution in [0.2, 0.25) is 0 Å². The molecule has 0 bridgehead atoms. The van der Waals surface area contributed by atoms with E-state index < -0.39 is 10.0 Å². The standard InChI is InChI=1S/C19H26N4O3S/c1-4-5-13-22(2)27(25,26)15-11-9-14(10-12-15)19(24)20-18-16-7-6-8-17(16)21-23(18)3/h9-12H,4-8,13H2,1-3H3,(H,20,24). The second-order valence-electron chi connectivity index (χ2n) is 6.91. The lowest BCUT2D eigenvalue weighted by molar-refractivity contribution is 0.102. The number of rotatable bonds is 7. The minimum Gasteiger partial charge on any atom is -0.307 e. The van der Waals surface area contributed by atoms with Gasteiger partial charge in [0.2, 0.25) is 10.0 Å². The average molecular weight is 391 g/mol. The first-order chi connectivity index (χ1) is 12.8. The number of fused-ring (bicyclic) bond motifs is 1. The predicted molar refractivity (Wildman–Crippen MR) is 104 cm³/mol. The number of sulfonamides is 1. The minimum atomic E-state index is -3.53. The van der Waals surface area contributed by atoms with Gasteiger partial charge >= 0.3 is 0 Å². The number of hydrogen-bond acceptors (Lipinski definition) is 4. The van der Waals surface area contributed by atoms with Gasteiger partial charge in [-0.05, 0) is 49.9 Å². The average Bonchev–Trinajstić information content (AvgIpc) is 3.22. The highest BCUT2D eigenvalue weighted by atomic mass is 32.2.